The third-order valence-electron chi connectivity index (χ3n) is 0.833. The smallest absolute Gasteiger partial charge is 0.133 e. The van der Waals surface area contributed by atoms with E-state index in [1.165, 1.54) is 11.3 Å². The first kappa shape index (κ1) is 9.94. The van der Waals surface area contributed by atoms with Gasteiger partial charge in [0.1, 0.15) is 5.84 Å². The topological polar surface area (TPSA) is 49.9 Å². The molecule has 0 atom stereocenters. The first-order valence-corrected chi connectivity index (χ1v) is 3.96. The van der Waals surface area contributed by atoms with Crippen molar-refractivity contribution in [2.45, 2.75) is 0 Å². The molecular weight excluding hydrogens is 235 g/mol. The zero-order chi connectivity index (χ0) is 6.85. The molecule has 0 saturated heterocycles. The van der Waals surface area contributed by atoms with Gasteiger partial charge in [-0.05, 0) is 22.0 Å². The molecule has 1 aromatic heterocycles. The summed E-state index contributed by atoms with van der Waals surface area (Å²) in [6, 6.07) is 1.83. The predicted molar refractivity (Wildman–Crippen MR) is 50.3 cm³/mol. The molecule has 10 heavy (non-hydrogen) atoms. The molecular formula is C5H6BrClN2S. The number of rotatable bonds is 1. The van der Waals surface area contributed by atoms with Crippen LogP contribution in [0.15, 0.2) is 15.9 Å². The minimum Gasteiger partial charge on any atom is -0.383 e. The highest BCUT2D eigenvalue weighted by molar-refractivity contribution is 9.10. The van der Waals surface area contributed by atoms with Gasteiger partial charge in [-0.2, -0.15) is 0 Å². The normalized spacial score (nSPS) is 8.50. The van der Waals surface area contributed by atoms with Gasteiger partial charge in [0.15, 0.2) is 0 Å². The quantitative estimate of drug-likeness (QED) is 0.575. The SMILES string of the molecule is Cl.N=C(N)c1cc(Br)cs1. The van der Waals surface area contributed by atoms with E-state index in [4.69, 9.17) is 11.1 Å². The van der Waals surface area contributed by atoms with Crippen LogP contribution in [0, 0.1) is 5.41 Å². The first-order valence-electron chi connectivity index (χ1n) is 2.28. The third kappa shape index (κ3) is 2.28. The van der Waals surface area contributed by atoms with E-state index in [1.807, 2.05) is 11.4 Å². The summed E-state index contributed by atoms with van der Waals surface area (Å²) < 4.78 is 0.984. The van der Waals surface area contributed by atoms with E-state index in [-0.39, 0.29) is 18.2 Å². The van der Waals surface area contributed by atoms with E-state index in [2.05, 4.69) is 15.9 Å². The Bertz CT molecular complexity index is 235. The number of amidine groups is 1. The molecule has 0 aliphatic heterocycles. The maximum atomic E-state index is 7.02. The van der Waals surface area contributed by atoms with Crippen LogP contribution in [0.2, 0.25) is 0 Å². The second-order valence-corrected chi connectivity index (χ2v) is 3.37. The second kappa shape index (κ2) is 3.95. The number of hydrogen-bond acceptors (Lipinski definition) is 2. The van der Waals surface area contributed by atoms with Crippen LogP contribution in [0.4, 0.5) is 0 Å². The highest BCUT2D eigenvalue weighted by Gasteiger charge is 1.97. The molecule has 0 saturated carbocycles. The molecule has 0 aromatic carbocycles. The molecule has 0 unspecified atom stereocenters. The van der Waals surface area contributed by atoms with Gasteiger partial charge >= 0.3 is 0 Å². The van der Waals surface area contributed by atoms with Gasteiger partial charge in [-0.3, -0.25) is 5.41 Å². The summed E-state index contributed by atoms with van der Waals surface area (Å²) >= 11 is 4.72. The zero-order valence-electron chi connectivity index (χ0n) is 4.93. The van der Waals surface area contributed by atoms with Gasteiger partial charge in [0.05, 0.1) is 4.88 Å². The molecule has 0 radical (unpaired) electrons. The average Bonchev–Trinajstić information content (AvgIpc) is 2.14. The first-order chi connectivity index (χ1) is 4.20. The Morgan fingerprint density at radius 2 is 2.30 bits per heavy atom. The van der Waals surface area contributed by atoms with E-state index in [0.29, 0.717) is 0 Å². The summed E-state index contributed by atoms with van der Waals surface area (Å²) in [4.78, 5) is 0.807. The fourth-order valence-electron chi connectivity index (χ4n) is 0.454. The van der Waals surface area contributed by atoms with E-state index in [0.717, 1.165) is 9.35 Å². The van der Waals surface area contributed by atoms with Gasteiger partial charge in [-0.1, -0.05) is 0 Å². The lowest BCUT2D eigenvalue weighted by Gasteiger charge is -1.85. The van der Waals surface area contributed by atoms with Gasteiger partial charge in [0, 0.05) is 9.85 Å². The number of nitrogens with two attached hydrogens (primary N) is 1. The van der Waals surface area contributed by atoms with Crippen LogP contribution >= 0.6 is 39.7 Å². The van der Waals surface area contributed by atoms with Crippen LogP contribution in [0.1, 0.15) is 4.88 Å². The molecule has 5 heteroatoms. The number of thiophene rings is 1. The lowest BCUT2D eigenvalue weighted by Crippen LogP contribution is -2.08. The van der Waals surface area contributed by atoms with Crippen molar-refractivity contribution in [3.63, 3.8) is 0 Å². The Morgan fingerprint density at radius 1 is 1.70 bits per heavy atom. The highest BCUT2D eigenvalue weighted by Crippen LogP contribution is 2.18. The Balaban J connectivity index is 0.000000810. The molecule has 0 aliphatic carbocycles. The maximum absolute atomic E-state index is 7.02. The third-order valence-corrected chi connectivity index (χ3v) is 2.56. The minimum atomic E-state index is 0. The fourth-order valence-corrected chi connectivity index (χ4v) is 1.74. The van der Waals surface area contributed by atoms with Crippen molar-refractivity contribution >= 4 is 45.5 Å². The Morgan fingerprint density at radius 3 is 2.50 bits per heavy atom. The molecule has 0 spiro atoms. The lowest BCUT2D eigenvalue weighted by atomic mass is 10.4. The van der Waals surface area contributed by atoms with Crippen LogP contribution < -0.4 is 5.73 Å². The Hall–Kier alpha value is -0.0600. The summed E-state index contributed by atoms with van der Waals surface area (Å²) in [7, 11) is 0. The molecule has 1 rings (SSSR count). The summed E-state index contributed by atoms with van der Waals surface area (Å²) in [5.41, 5.74) is 5.20. The van der Waals surface area contributed by atoms with Crippen molar-refractivity contribution in [2.75, 3.05) is 0 Å². The minimum absolute atomic E-state index is 0. The summed E-state index contributed by atoms with van der Waals surface area (Å²) in [6.07, 6.45) is 0. The monoisotopic (exact) mass is 240 g/mol. The van der Waals surface area contributed by atoms with Crippen LogP contribution in [0.25, 0.3) is 0 Å². The van der Waals surface area contributed by atoms with Crippen molar-refractivity contribution in [3.05, 3.63) is 20.8 Å². The fraction of sp³-hybridized carbons (Fsp3) is 0. The summed E-state index contributed by atoms with van der Waals surface area (Å²) in [5, 5.41) is 8.92. The number of nitrogens with one attached hydrogen (secondary N) is 1. The van der Waals surface area contributed by atoms with Crippen LogP contribution in [-0.4, -0.2) is 5.84 Å². The number of nitrogen functional groups attached to an aromatic ring is 1. The largest absolute Gasteiger partial charge is 0.383 e. The second-order valence-electron chi connectivity index (χ2n) is 1.54. The summed E-state index contributed by atoms with van der Waals surface area (Å²) in [6.45, 7) is 0. The highest BCUT2D eigenvalue weighted by atomic mass is 79.9. The number of hydrogen-bond donors (Lipinski definition) is 2. The van der Waals surface area contributed by atoms with E-state index < -0.39 is 0 Å². The predicted octanol–water partition coefficient (Wildman–Crippen LogP) is 2.22. The Kier molecular flexibility index (Phi) is 3.93. The molecule has 1 heterocycles. The molecule has 0 fully saturated rings. The van der Waals surface area contributed by atoms with Crippen molar-refractivity contribution in [1.29, 1.82) is 5.41 Å². The van der Waals surface area contributed by atoms with Crippen molar-refractivity contribution < 1.29 is 0 Å². The van der Waals surface area contributed by atoms with Gasteiger partial charge in [-0.15, -0.1) is 23.7 Å². The standard InChI is InChI=1S/C5H5BrN2S.ClH/c6-3-1-4(5(7)8)9-2-3;/h1-2H,(H3,7,8);1H. The number of halogens is 2. The van der Waals surface area contributed by atoms with E-state index >= 15 is 0 Å². The molecule has 0 amide bonds. The molecule has 56 valence electrons. The Labute approximate surface area is 77.5 Å². The molecule has 3 N–H and O–H groups in total. The lowest BCUT2D eigenvalue weighted by molar-refractivity contribution is 1.45. The van der Waals surface area contributed by atoms with Crippen LogP contribution in [-0.2, 0) is 0 Å². The van der Waals surface area contributed by atoms with Crippen LogP contribution in [0.3, 0.4) is 0 Å². The van der Waals surface area contributed by atoms with Crippen molar-refractivity contribution in [3.8, 4) is 0 Å². The summed E-state index contributed by atoms with van der Waals surface area (Å²) in [5.74, 6) is 0.130. The molecule has 1 aromatic rings. The van der Waals surface area contributed by atoms with Gasteiger partial charge in [0.25, 0.3) is 0 Å². The van der Waals surface area contributed by atoms with Gasteiger partial charge in [0.2, 0.25) is 0 Å². The molecule has 2 nitrogen and oxygen atoms in total. The maximum Gasteiger partial charge on any atom is 0.133 e. The van der Waals surface area contributed by atoms with E-state index in [9.17, 15) is 0 Å². The van der Waals surface area contributed by atoms with E-state index in [1.54, 1.807) is 0 Å². The van der Waals surface area contributed by atoms with Crippen molar-refractivity contribution in [2.24, 2.45) is 5.73 Å². The average molecular weight is 242 g/mol. The molecule has 0 aliphatic rings. The van der Waals surface area contributed by atoms with Crippen molar-refractivity contribution in [1.82, 2.24) is 0 Å². The molecule has 0 bridgehead atoms. The van der Waals surface area contributed by atoms with Crippen LogP contribution in [0.5, 0.6) is 0 Å². The zero-order valence-corrected chi connectivity index (χ0v) is 8.15. The van der Waals surface area contributed by atoms with Gasteiger partial charge < -0.3 is 5.73 Å². The van der Waals surface area contributed by atoms with Gasteiger partial charge in [-0.25, -0.2) is 0 Å².